The minimum Gasteiger partial charge on any atom is -0.348 e. The van der Waals surface area contributed by atoms with E-state index < -0.39 is 10.0 Å². The minimum atomic E-state index is -3.59. The van der Waals surface area contributed by atoms with Crippen molar-refractivity contribution in [2.45, 2.75) is 30.7 Å². The quantitative estimate of drug-likeness (QED) is 0.859. The molecule has 0 atom stereocenters. The number of sulfonamides is 1. The van der Waals surface area contributed by atoms with E-state index >= 15 is 0 Å². The maximum atomic E-state index is 12.7. The summed E-state index contributed by atoms with van der Waals surface area (Å²) in [6, 6.07) is 7.81. The van der Waals surface area contributed by atoms with Gasteiger partial charge in [-0.15, -0.1) is 11.3 Å². The predicted molar refractivity (Wildman–Crippen MR) is 97.3 cm³/mol. The maximum Gasteiger partial charge on any atom is 0.263 e. The SMILES string of the molecule is Cc1ncsc1C(=O)NC1CCN(S(=O)(=O)c2ccc(C#N)cc2)CC1. The average Bonchev–Trinajstić information content (AvgIpc) is 3.08. The third-order valence-electron chi connectivity index (χ3n) is 4.36. The summed E-state index contributed by atoms with van der Waals surface area (Å²) in [5.41, 5.74) is 2.76. The number of piperidine rings is 1. The number of carbonyl (C=O) groups excluding carboxylic acids is 1. The number of nitrogens with one attached hydrogen (secondary N) is 1. The molecule has 0 unspecified atom stereocenters. The van der Waals surface area contributed by atoms with Gasteiger partial charge in [0.1, 0.15) is 4.88 Å². The molecule has 0 saturated carbocycles. The molecule has 3 rings (SSSR count). The molecule has 1 aliphatic heterocycles. The van der Waals surface area contributed by atoms with Crippen LogP contribution >= 0.6 is 11.3 Å². The number of nitriles is 1. The van der Waals surface area contributed by atoms with Gasteiger partial charge < -0.3 is 5.32 Å². The summed E-state index contributed by atoms with van der Waals surface area (Å²) in [6.07, 6.45) is 1.11. The van der Waals surface area contributed by atoms with Crippen LogP contribution in [-0.4, -0.2) is 42.7 Å². The first-order chi connectivity index (χ1) is 12.4. The lowest BCUT2D eigenvalue weighted by atomic mass is 10.1. The van der Waals surface area contributed by atoms with Crippen molar-refractivity contribution in [2.75, 3.05) is 13.1 Å². The van der Waals surface area contributed by atoms with E-state index in [0.29, 0.717) is 42.1 Å². The largest absolute Gasteiger partial charge is 0.348 e. The third kappa shape index (κ3) is 3.77. The van der Waals surface area contributed by atoms with Crippen LogP contribution in [-0.2, 0) is 10.0 Å². The van der Waals surface area contributed by atoms with Crippen molar-refractivity contribution in [3.63, 3.8) is 0 Å². The van der Waals surface area contributed by atoms with Crippen LogP contribution in [0.15, 0.2) is 34.7 Å². The van der Waals surface area contributed by atoms with Gasteiger partial charge in [-0.05, 0) is 44.0 Å². The number of nitrogens with zero attached hydrogens (tertiary/aromatic N) is 3. The van der Waals surface area contributed by atoms with Gasteiger partial charge in [-0.25, -0.2) is 13.4 Å². The molecule has 0 radical (unpaired) electrons. The molecule has 1 aromatic carbocycles. The Hall–Kier alpha value is -2.28. The van der Waals surface area contributed by atoms with Crippen molar-refractivity contribution in [3.05, 3.63) is 45.9 Å². The van der Waals surface area contributed by atoms with E-state index in [0.717, 1.165) is 0 Å². The molecule has 0 spiro atoms. The predicted octanol–water partition coefficient (Wildman–Crippen LogP) is 1.91. The number of hydrogen-bond acceptors (Lipinski definition) is 6. The zero-order chi connectivity index (χ0) is 18.7. The van der Waals surface area contributed by atoms with Crippen molar-refractivity contribution in [1.82, 2.24) is 14.6 Å². The molecule has 1 N–H and O–H groups in total. The van der Waals surface area contributed by atoms with Crippen molar-refractivity contribution >= 4 is 27.3 Å². The first kappa shape index (κ1) is 18.5. The third-order valence-corrected chi connectivity index (χ3v) is 7.20. The zero-order valence-corrected chi connectivity index (χ0v) is 15.8. The molecule has 9 heteroatoms. The Balaban J connectivity index is 1.61. The molecule has 26 heavy (non-hydrogen) atoms. The van der Waals surface area contributed by atoms with E-state index in [1.165, 1.54) is 39.9 Å². The van der Waals surface area contributed by atoms with Gasteiger partial charge in [-0.2, -0.15) is 9.57 Å². The van der Waals surface area contributed by atoms with E-state index in [9.17, 15) is 13.2 Å². The minimum absolute atomic E-state index is 0.0589. The monoisotopic (exact) mass is 390 g/mol. The molecule has 1 saturated heterocycles. The van der Waals surface area contributed by atoms with Crippen molar-refractivity contribution < 1.29 is 13.2 Å². The number of carbonyl (C=O) groups is 1. The molecule has 0 aliphatic carbocycles. The lowest BCUT2D eigenvalue weighted by Gasteiger charge is -2.31. The molecule has 136 valence electrons. The lowest BCUT2D eigenvalue weighted by molar-refractivity contribution is 0.0927. The Kier molecular flexibility index (Phi) is 5.36. The molecule has 0 bridgehead atoms. The van der Waals surface area contributed by atoms with Crippen LogP contribution in [0.25, 0.3) is 0 Å². The van der Waals surface area contributed by atoms with Crippen LogP contribution in [0.2, 0.25) is 0 Å². The molecule has 1 amide bonds. The second kappa shape index (κ2) is 7.53. The van der Waals surface area contributed by atoms with Gasteiger partial charge in [0.2, 0.25) is 10.0 Å². The number of amides is 1. The van der Waals surface area contributed by atoms with Gasteiger partial charge in [0.25, 0.3) is 5.91 Å². The number of thiazole rings is 1. The summed E-state index contributed by atoms with van der Waals surface area (Å²) in [5.74, 6) is -0.154. The Labute approximate surface area is 156 Å². The molecule has 2 heterocycles. The standard InChI is InChI=1S/C17H18N4O3S2/c1-12-16(25-11-19-12)17(22)20-14-6-8-21(9-7-14)26(23,24)15-4-2-13(10-18)3-5-15/h2-5,11,14H,6-9H2,1H3,(H,20,22). The van der Waals surface area contributed by atoms with Crippen LogP contribution in [0.3, 0.4) is 0 Å². The molecular weight excluding hydrogens is 372 g/mol. The fourth-order valence-electron chi connectivity index (χ4n) is 2.86. The number of benzene rings is 1. The fraction of sp³-hybridized carbons (Fsp3) is 0.353. The fourth-order valence-corrected chi connectivity index (χ4v) is 5.04. The highest BCUT2D eigenvalue weighted by molar-refractivity contribution is 7.89. The Morgan fingerprint density at radius 1 is 1.31 bits per heavy atom. The molecule has 2 aromatic rings. The lowest BCUT2D eigenvalue weighted by Crippen LogP contribution is -2.46. The average molecular weight is 390 g/mol. The van der Waals surface area contributed by atoms with Crippen LogP contribution in [0.5, 0.6) is 0 Å². The van der Waals surface area contributed by atoms with Crippen LogP contribution in [0.1, 0.15) is 33.8 Å². The summed E-state index contributed by atoms with van der Waals surface area (Å²) in [7, 11) is -3.59. The molecular formula is C17H18N4O3S2. The first-order valence-corrected chi connectivity index (χ1v) is 10.4. The summed E-state index contributed by atoms with van der Waals surface area (Å²) in [5, 5.41) is 11.8. The normalized spacial score (nSPS) is 16.2. The second-order valence-corrected chi connectivity index (χ2v) is 8.85. The van der Waals surface area contributed by atoms with Crippen molar-refractivity contribution in [1.29, 1.82) is 5.26 Å². The first-order valence-electron chi connectivity index (χ1n) is 8.13. The number of hydrogen-bond donors (Lipinski definition) is 1. The number of aryl methyl sites for hydroxylation is 1. The van der Waals surface area contributed by atoms with Gasteiger partial charge in [0.15, 0.2) is 0 Å². The van der Waals surface area contributed by atoms with E-state index in [1.54, 1.807) is 12.4 Å². The maximum absolute atomic E-state index is 12.7. The van der Waals surface area contributed by atoms with Gasteiger partial charge in [0, 0.05) is 19.1 Å². The van der Waals surface area contributed by atoms with E-state index in [4.69, 9.17) is 5.26 Å². The van der Waals surface area contributed by atoms with Gasteiger partial charge in [-0.1, -0.05) is 0 Å². The Morgan fingerprint density at radius 3 is 2.50 bits per heavy atom. The molecule has 7 nitrogen and oxygen atoms in total. The van der Waals surface area contributed by atoms with E-state index in [-0.39, 0.29) is 16.8 Å². The molecule has 1 fully saturated rings. The topological polar surface area (TPSA) is 103 Å². The van der Waals surface area contributed by atoms with E-state index in [1.807, 2.05) is 6.07 Å². The van der Waals surface area contributed by atoms with Crippen LogP contribution in [0.4, 0.5) is 0 Å². The Bertz CT molecular complexity index is 937. The summed E-state index contributed by atoms with van der Waals surface area (Å²) >= 11 is 1.30. The van der Waals surface area contributed by atoms with Crippen molar-refractivity contribution in [2.24, 2.45) is 0 Å². The highest BCUT2D eigenvalue weighted by Crippen LogP contribution is 2.22. The van der Waals surface area contributed by atoms with Crippen molar-refractivity contribution in [3.8, 4) is 6.07 Å². The highest BCUT2D eigenvalue weighted by Gasteiger charge is 2.30. The summed E-state index contributed by atoms with van der Waals surface area (Å²) < 4.78 is 26.8. The van der Waals surface area contributed by atoms with Gasteiger partial charge in [-0.3, -0.25) is 4.79 Å². The molecule has 1 aliphatic rings. The van der Waals surface area contributed by atoms with E-state index in [2.05, 4.69) is 10.3 Å². The number of aromatic nitrogens is 1. The van der Waals surface area contributed by atoms with Crippen LogP contribution in [0, 0.1) is 18.3 Å². The van der Waals surface area contributed by atoms with Gasteiger partial charge >= 0.3 is 0 Å². The zero-order valence-electron chi connectivity index (χ0n) is 14.2. The highest BCUT2D eigenvalue weighted by atomic mass is 32.2. The summed E-state index contributed by atoms with van der Waals surface area (Å²) in [4.78, 5) is 17.1. The Morgan fingerprint density at radius 2 is 1.96 bits per heavy atom. The second-order valence-electron chi connectivity index (χ2n) is 6.05. The molecule has 1 aromatic heterocycles. The smallest absolute Gasteiger partial charge is 0.263 e. The van der Waals surface area contributed by atoms with Gasteiger partial charge in [0.05, 0.1) is 27.7 Å². The van der Waals surface area contributed by atoms with Crippen LogP contribution < -0.4 is 5.32 Å². The summed E-state index contributed by atoms with van der Waals surface area (Å²) in [6.45, 7) is 2.47. The number of rotatable bonds is 4.